The highest BCUT2D eigenvalue weighted by atomic mass is 19.1. The standard InChI is InChI=1S/C15H16FNO/c1-2-12-6-4-8-17-15(12)14(18)10-11-5-3-7-13(16)9-11/h3-9,14,18H,2,10H2,1H3. The first-order valence-corrected chi connectivity index (χ1v) is 6.07. The fourth-order valence-electron chi connectivity index (χ4n) is 2.03. The molecule has 1 heterocycles. The van der Waals surface area contributed by atoms with Gasteiger partial charge in [0.05, 0.1) is 5.69 Å². The zero-order valence-corrected chi connectivity index (χ0v) is 10.3. The van der Waals surface area contributed by atoms with Crippen LogP contribution in [0.1, 0.15) is 29.8 Å². The molecule has 0 amide bonds. The maximum Gasteiger partial charge on any atom is 0.123 e. The quantitative estimate of drug-likeness (QED) is 0.898. The van der Waals surface area contributed by atoms with E-state index in [1.54, 1.807) is 18.3 Å². The molecule has 0 saturated carbocycles. The van der Waals surface area contributed by atoms with Gasteiger partial charge in [-0.25, -0.2) is 4.39 Å². The van der Waals surface area contributed by atoms with Crippen LogP contribution in [0.2, 0.25) is 0 Å². The monoisotopic (exact) mass is 245 g/mol. The summed E-state index contributed by atoms with van der Waals surface area (Å²) in [6.45, 7) is 2.02. The van der Waals surface area contributed by atoms with Gasteiger partial charge in [0, 0.05) is 12.6 Å². The second kappa shape index (κ2) is 5.74. The molecular formula is C15H16FNO. The first-order chi connectivity index (χ1) is 8.70. The summed E-state index contributed by atoms with van der Waals surface area (Å²) in [5.74, 6) is -0.281. The number of nitrogens with zero attached hydrogens (tertiary/aromatic N) is 1. The van der Waals surface area contributed by atoms with Gasteiger partial charge in [0.1, 0.15) is 11.9 Å². The zero-order valence-electron chi connectivity index (χ0n) is 10.3. The third kappa shape index (κ3) is 2.93. The van der Waals surface area contributed by atoms with Crippen LogP contribution in [0.5, 0.6) is 0 Å². The van der Waals surface area contributed by atoms with Gasteiger partial charge in [0.2, 0.25) is 0 Å². The Kier molecular flexibility index (Phi) is 4.05. The van der Waals surface area contributed by atoms with Gasteiger partial charge in [-0.2, -0.15) is 0 Å². The highest BCUT2D eigenvalue weighted by molar-refractivity contribution is 5.25. The number of halogens is 1. The molecule has 94 valence electrons. The van der Waals surface area contributed by atoms with E-state index >= 15 is 0 Å². The molecule has 0 saturated heterocycles. The molecule has 3 heteroatoms. The predicted octanol–water partition coefficient (Wildman–Crippen LogP) is 3.06. The van der Waals surface area contributed by atoms with E-state index in [0.29, 0.717) is 12.1 Å². The largest absolute Gasteiger partial charge is 0.386 e. The Morgan fingerprint density at radius 1 is 1.28 bits per heavy atom. The summed E-state index contributed by atoms with van der Waals surface area (Å²) in [5.41, 5.74) is 2.49. The van der Waals surface area contributed by atoms with Crippen molar-refractivity contribution < 1.29 is 9.50 Å². The lowest BCUT2D eigenvalue weighted by atomic mass is 10.0. The van der Waals surface area contributed by atoms with Crippen molar-refractivity contribution in [2.75, 3.05) is 0 Å². The minimum Gasteiger partial charge on any atom is -0.386 e. The van der Waals surface area contributed by atoms with Gasteiger partial charge in [0.25, 0.3) is 0 Å². The first kappa shape index (κ1) is 12.7. The molecule has 0 spiro atoms. The lowest BCUT2D eigenvalue weighted by molar-refractivity contribution is 0.172. The molecule has 0 aliphatic rings. The van der Waals surface area contributed by atoms with Crippen molar-refractivity contribution in [3.63, 3.8) is 0 Å². The highest BCUT2D eigenvalue weighted by Gasteiger charge is 2.13. The van der Waals surface area contributed by atoms with Crippen molar-refractivity contribution >= 4 is 0 Å². The number of aryl methyl sites for hydroxylation is 1. The van der Waals surface area contributed by atoms with Crippen molar-refractivity contribution in [3.05, 3.63) is 65.2 Å². The molecule has 1 unspecified atom stereocenters. The predicted molar refractivity (Wildman–Crippen MR) is 68.7 cm³/mol. The lowest BCUT2D eigenvalue weighted by Crippen LogP contribution is -2.07. The maximum atomic E-state index is 13.1. The zero-order chi connectivity index (χ0) is 13.0. The number of benzene rings is 1. The number of hydrogen-bond donors (Lipinski definition) is 1. The molecule has 0 bridgehead atoms. The van der Waals surface area contributed by atoms with Gasteiger partial charge in [-0.05, 0) is 35.7 Å². The second-order valence-corrected chi connectivity index (χ2v) is 4.25. The minimum atomic E-state index is -0.692. The van der Waals surface area contributed by atoms with Crippen LogP contribution in [0.25, 0.3) is 0 Å². The number of aliphatic hydroxyl groups is 1. The highest BCUT2D eigenvalue weighted by Crippen LogP contribution is 2.20. The van der Waals surface area contributed by atoms with E-state index in [2.05, 4.69) is 4.98 Å². The summed E-state index contributed by atoms with van der Waals surface area (Å²) >= 11 is 0. The molecule has 18 heavy (non-hydrogen) atoms. The van der Waals surface area contributed by atoms with E-state index < -0.39 is 6.10 Å². The average molecular weight is 245 g/mol. The SMILES string of the molecule is CCc1cccnc1C(O)Cc1cccc(F)c1. The van der Waals surface area contributed by atoms with Crippen LogP contribution >= 0.6 is 0 Å². The Balaban J connectivity index is 2.19. The third-order valence-corrected chi connectivity index (χ3v) is 2.94. The lowest BCUT2D eigenvalue weighted by Gasteiger charge is -2.13. The molecule has 2 nitrogen and oxygen atoms in total. The molecular weight excluding hydrogens is 229 g/mol. The van der Waals surface area contributed by atoms with Crippen LogP contribution in [0.4, 0.5) is 4.39 Å². The van der Waals surface area contributed by atoms with Crippen LogP contribution in [-0.4, -0.2) is 10.1 Å². The van der Waals surface area contributed by atoms with Crippen molar-refractivity contribution in [2.24, 2.45) is 0 Å². The van der Waals surface area contributed by atoms with E-state index in [9.17, 15) is 9.50 Å². The summed E-state index contributed by atoms with van der Waals surface area (Å²) in [4.78, 5) is 4.22. The van der Waals surface area contributed by atoms with Crippen LogP contribution in [-0.2, 0) is 12.8 Å². The van der Waals surface area contributed by atoms with Gasteiger partial charge >= 0.3 is 0 Å². The van der Waals surface area contributed by atoms with E-state index in [-0.39, 0.29) is 5.82 Å². The van der Waals surface area contributed by atoms with Crippen LogP contribution in [0.15, 0.2) is 42.6 Å². The Labute approximate surface area is 106 Å². The topological polar surface area (TPSA) is 33.1 Å². The Morgan fingerprint density at radius 3 is 2.83 bits per heavy atom. The van der Waals surface area contributed by atoms with E-state index in [1.807, 2.05) is 19.1 Å². The van der Waals surface area contributed by atoms with E-state index in [0.717, 1.165) is 17.5 Å². The summed E-state index contributed by atoms with van der Waals surface area (Å²) in [5, 5.41) is 10.2. The minimum absolute atomic E-state index is 0.281. The molecule has 1 aromatic heterocycles. The van der Waals surface area contributed by atoms with Crippen molar-refractivity contribution in [3.8, 4) is 0 Å². The van der Waals surface area contributed by atoms with Gasteiger partial charge < -0.3 is 5.11 Å². The summed E-state index contributed by atoms with van der Waals surface area (Å²) in [6.07, 6.45) is 2.18. The number of hydrogen-bond acceptors (Lipinski definition) is 2. The van der Waals surface area contributed by atoms with Crippen LogP contribution < -0.4 is 0 Å². The molecule has 0 aliphatic carbocycles. The van der Waals surface area contributed by atoms with E-state index in [4.69, 9.17) is 0 Å². The maximum absolute atomic E-state index is 13.1. The van der Waals surface area contributed by atoms with Crippen LogP contribution in [0.3, 0.4) is 0 Å². The van der Waals surface area contributed by atoms with Gasteiger partial charge in [-0.1, -0.05) is 25.1 Å². The van der Waals surface area contributed by atoms with Gasteiger partial charge in [0.15, 0.2) is 0 Å². The fourth-order valence-corrected chi connectivity index (χ4v) is 2.03. The average Bonchev–Trinajstić information content (AvgIpc) is 2.38. The Bertz CT molecular complexity index is 527. The summed E-state index contributed by atoms with van der Waals surface area (Å²) < 4.78 is 13.1. The number of aromatic nitrogens is 1. The smallest absolute Gasteiger partial charge is 0.123 e. The molecule has 1 aromatic carbocycles. The second-order valence-electron chi connectivity index (χ2n) is 4.25. The molecule has 2 rings (SSSR count). The van der Waals surface area contributed by atoms with Gasteiger partial charge in [-0.15, -0.1) is 0 Å². The molecule has 0 fully saturated rings. The number of rotatable bonds is 4. The summed E-state index contributed by atoms with van der Waals surface area (Å²) in [7, 11) is 0. The van der Waals surface area contributed by atoms with Crippen molar-refractivity contribution in [2.45, 2.75) is 25.9 Å². The normalized spacial score (nSPS) is 12.4. The fraction of sp³-hybridized carbons (Fsp3) is 0.267. The van der Waals surface area contributed by atoms with E-state index in [1.165, 1.54) is 12.1 Å². The molecule has 0 aliphatic heterocycles. The molecule has 1 atom stereocenters. The molecule has 2 aromatic rings. The van der Waals surface area contributed by atoms with Gasteiger partial charge in [-0.3, -0.25) is 4.98 Å². The Hall–Kier alpha value is -1.74. The third-order valence-electron chi connectivity index (χ3n) is 2.94. The number of pyridine rings is 1. The van der Waals surface area contributed by atoms with Crippen molar-refractivity contribution in [1.29, 1.82) is 0 Å². The Morgan fingerprint density at radius 2 is 2.11 bits per heavy atom. The molecule has 0 radical (unpaired) electrons. The van der Waals surface area contributed by atoms with Crippen LogP contribution in [0, 0.1) is 5.82 Å². The van der Waals surface area contributed by atoms with Crippen molar-refractivity contribution in [1.82, 2.24) is 4.98 Å². The number of aliphatic hydroxyl groups excluding tert-OH is 1. The first-order valence-electron chi connectivity index (χ1n) is 6.07. The molecule has 1 N–H and O–H groups in total. The summed E-state index contributed by atoms with van der Waals surface area (Å²) in [6, 6.07) is 10.1.